The van der Waals surface area contributed by atoms with E-state index in [1.54, 1.807) is 42.1 Å². The molecule has 32 heteroatoms. The zero-order chi connectivity index (χ0) is 77.1. The number of nitrogens with two attached hydrogens (primary N) is 3. The van der Waals surface area contributed by atoms with Gasteiger partial charge in [0.1, 0.15) is 34.1 Å². The summed E-state index contributed by atoms with van der Waals surface area (Å²) >= 11 is 0. The summed E-state index contributed by atoms with van der Waals surface area (Å²) in [5, 5.41) is 49.4. The Morgan fingerprint density at radius 1 is 0.452 bits per heavy atom. The SMILES string of the molecule is CC(C)(C)OC(=O)N[C@H]1CCC[C@@H]1O.CC(C)(C)OC(=O)N[C@H]1CCC[C@H]1O.CC(C)(C)OC(=O)N[C@H]1CCC[C@H]1OC(=O)c1ccc([N+](=O)[O-])cc1.COC(=O)c1cccoc1=O.CO[C@@H]1CCC[C@@H]1N.CO[C@@H]1CCC[C@@H]1N.CO[C@@H]1CCC[C@@H]1NC(=O)OC(C)(C)C.Cl.Cl.N[C@H]1CCC[C@@H]1O. The molecule has 0 radical (unpaired) electrons. The van der Waals surface area contributed by atoms with Crippen LogP contribution in [0.5, 0.6) is 0 Å². The van der Waals surface area contributed by atoms with E-state index in [0.717, 1.165) is 109 Å². The fourth-order valence-electron chi connectivity index (χ4n) is 11.7. The van der Waals surface area contributed by atoms with E-state index < -0.39 is 81.5 Å². The van der Waals surface area contributed by atoms with Crippen LogP contribution in [0.4, 0.5) is 24.9 Å². The zero-order valence-corrected chi connectivity index (χ0v) is 65.7. The van der Waals surface area contributed by atoms with Gasteiger partial charge in [0.15, 0.2) is 0 Å². The highest BCUT2D eigenvalue weighted by atomic mass is 35.5. The summed E-state index contributed by atoms with van der Waals surface area (Å²) < 4.78 is 50.3. The van der Waals surface area contributed by atoms with Crippen LogP contribution in [0, 0.1) is 10.1 Å². The van der Waals surface area contributed by atoms with Gasteiger partial charge >= 0.3 is 41.9 Å². The molecule has 104 heavy (non-hydrogen) atoms. The fourth-order valence-corrected chi connectivity index (χ4v) is 11.7. The molecule has 0 spiro atoms. The van der Waals surface area contributed by atoms with Crippen LogP contribution in [0.15, 0.2) is 51.9 Å². The summed E-state index contributed by atoms with van der Waals surface area (Å²) in [4.78, 5) is 89.8. The van der Waals surface area contributed by atoms with Crippen LogP contribution < -0.4 is 44.1 Å². The van der Waals surface area contributed by atoms with Crippen molar-refractivity contribution in [1.82, 2.24) is 21.3 Å². The van der Waals surface area contributed by atoms with Crippen molar-refractivity contribution >= 4 is 66.8 Å². The van der Waals surface area contributed by atoms with Crippen molar-refractivity contribution in [3.8, 4) is 0 Å². The molecule has 0 bridgehead atoms. The second kappa shape index (κ2) is 48.9. The first-order valence-electron chi connectivity index (χ1n) is 35.6. The molecule has 14 atom stereocenters. The maximum atomic E-state index is 12.2. The molecule has 9 rings (SSSR count). The summed E-state index contributed by atoms with van der Waals surface area (Å²) in [6.07, 6.45) is 19.2. The van der Waals surface area contributed by atoms with Crippen molar-refractivity contribution in [3.05, 3.63) is 74.3 Å². The summed E-state index contributed by atoms with van der Waals surface area (Å²) in [6.45, 7) is 21.8. The van der Waals surface area contributed by atoms with Crippen molar-refractivity contribution in [3.63, 3.8) is 0 Å². The number of ether oxygens (including phenoxy) is 9. The summed E-state index contributed by atoms with van der Waals surface area (Å²) in [5.41, 5.74) is 14.1. The van der Waals surface area contributed by atoms with Crippen LogP contribution in [0.3, 0.4) is 0 Å². The predicted molar refractivity (Wildman–Crippen MR) is 397 cm³/mol. The molecular weight excluding hydrogens is 1400 g/mol. The van der Waals surface area contributed by atoms with Gasteiger partial charge in [-0.3, -0.25) is 10.1 Å². The second-order valence-electron chi connectivity index (χ2n) is 30.1. The average Bonchev–Trinajstić information content (AvgIpc) is 1.36. The topological polar surface area (TPSA) is 446 Å². The number of carbonyl (C=O) groups excluding carboxylic acids is 6. The second-order valence-corrected chi connectivity index (χ2v) is 30.1. The summed E-state index contributed by atoms with van der Waals surface area (Å²) in [7, 11) is 6.35. The molecule has 0 saturated heterocycles. The number of aliphatic hydroxyl groups is 3. The number of nitro benzene ring substituents is 1. The number of carbonyl (C=O) groups is 6. The van der Waals surface area contributed by atoms with Crippen LogP contribution in [0.1, 0.15) is 239 Å². The normalized spacial score (nSPS) is 25.7. The quantitative estimate of drug-likeness (QED) is 0.0432. The lowest BCUT2D eigenvalue weighted by Crippen LogP contribution is -2.44. The number of methoxy groups -OCH3 is 4. The van der Waals surface area contributed by atoms with Gasteiger partial charge in [-0.2, -0.15) is 0 Å². The van der Waals surface area contributed by atoms with Crippen molar-refractivity contribution in [2.45, 2.75) is 325 Å². The number of esters is 2. The number of hydrogen-bond donors (Lipinski definition) is 10. The Morgan fingerprint density at radius 3 is 1.07 bits per heavy atom. The van der Waals surface area contributed by atoms with Gasteiger partial charge in [-0.05, 0) is 242 Å². The largest absolute Gasteiger partial charge is 0.465 e. The molecule has 0 aliphatic heterocycles. The Balaban J connectivity index is 0.00000120. The fraction of sp³-hybridized carbons (Fsp3) is 0.764. The van der Waals surface area contributed by atoms with Gasteiger partial charge < -0.3 is 101 Å². The number of hydrogen-bond acceptors (Lipinski definition) is 25. The molecule has 1 heterocycles. The highest BCUT2D eigenvalue weighted by Crippen LogP contribution is 2.27. The number of rotatable bonds is 11. The average molecular weight is 1530 g/mol. The first-order chi connectivity index (χ1) is 47.6. The number of nitro groups is 1. The maximum absolute atomic E-state index is 12.2. The summed E-state index contributed by atoms with van der Waals surface area (Å²) in [6, 6.07) is 8.21. The van der Waals surface area contributed by atoms with E-state index in [0.29, 0.717) is 37.1 Å². The first kappa shape index (κ1) is 97.8. The van der Waals surface area contributed by atoms with Crippen molar-refractivity contribution in [1.29, 1.82) is 0 Å². The number of amides is 4. The predicted octanol–water partition coefficient (Wildman–Crippen LogP) is 10.3. The Labute approximate surface area is 626 Å². The van der Waals surface area contributed by atoms with E-state index in [2.05, 4.69) is 30.4 Å². The monoisotopic (exact) mass is 1520 g/mol. The van der Waals surface area contributed by atoms with E-state index in [9.17, 15) is 53.9 Å². The molecular formula is C72H126Cl2N8O22. The van der Waals surface area contributed by atoms with E-state index in [-0.39, 0.29) is 90.1 Å². The lowest BCUT2D eigenvalue weighted by Gasteiger charge is -2.24. The van der Waals surface area contributed by atoms with E-state index in [1.807, 2.05) is 62.3 Å². The molecule has 4 amide bonds. The molecule has 7 fully saturated rings. The van der Waals surface area contributed by atoms with Crippen LogP contribution >= 0.6 is 24.8 Å². The standard InChI is InChI=1S/C17H22N2O6.C11H21NO3.2C10H19NO3.C7H6O4.2C6H13NO.C5H11NO.2ClH/c1-17(2,3)25-16(21)18-13-5-4-6-14(13)24-15(20)11-7-9-12(10-8-11)19(22)23;1-11(2,3)15-10(13)12-8-6-5-7-9(8)14-4;2*1-10(2,3)14-9(13)11-7-5-4-6-8(7)12;1-10-6(8)5-3-2-4-11-7(5)9;2*1-8-6-4-2-3-5(6)7;6-4-2-1-3-5(4)7;;/h7-10,13-14H,4-6H2,1-3H3,(H,18,21);8-9H,5-7H2,1-4H3,(H,12,13);2*7-8,12H,4-6H2,1-3H3,(H,11,13);2-4H,1H3;2*5-6H,2-4,7H2,1H3;4-5,7H,1-3,6H2;2*1H/t13-,14+;8-,9+;7-,8+;7-,8-;;2*5-,6+;4-,5-;;/m0000.000../s1. The minimum atomic E-state index is -0.681. The van der Waals surface area contributed by atoms with Gasteiger partial charge in [-0.15, -0.1) is 24.8 Å². The van der Waals surface area contributed by atoms with Crippen LogP contribution in [-0.2, 0) is 42.6 Å². The molecule has 1 aromatic carbocycles. The number of nitrogens with zero attached hydrogens (tertiary/aromatic N) is 1. The minimum Gasteiger partial charge on any atom is -0.465 e. The van der Waals surface area contributed by atoms with E-state index in [1.165, 1.54) is 62.6 Å². The van der Waals surface area contributed by atoms with Crippen LogP contribution in [-0.4, -0.2) is 192 Å². The minimum absolute atomic E-state index is 0. The third-order valence-corrected chi connectivity index (χ3v) is 16.8. The molecule has 30 nitrogen and oxygen atoms in total. The Hall–Kier alpha value is -6.19. The Bertz CT molecular complexity index is 2800. The molecule has 600 valence electrons. The molecule has 0 unspecified atom stereocenters. The van der Waals surface area contributed by atoms with Crippen LogP contribution in [0.2, 0.25) is 0 Å². The third-order valence-electron chi connectivity index (χ3n) is 16.8. The van der Waals surface area contributed by atoms with Gasteiger partial charge in [-0.1, -0.05) is 0 Å². The van der Waals surface area contributed by atoms with Gasteiger partial charge in [0, 0.05) is 51.6 Å². The van der Waals surface area contributed by atoms with Gasteiger partial charge in [0.25, 0.3) is 5.69 Å². The highest BCUT2D eigenvalue weighted by molar-refractivity contribution is 5.90. The van der Waals surface area contributed by atoms with Crippen molar-refractivity contribution in [2.24, 2.45) is 17.2 Å². The van der Waals surface area contributed by atoms with E-state index >= 15 is 0 Å². The number of nitrogens with one attached hydrogen (secondary N) is 4. The third kappa shape index (κ3) is 41.1. The smallest absolute Gasteiger partial charge is 0.408 e. The highest BCUT2D eigenvalue weighted by Gasteiger charge is 2.35. The van der Waals surface area contributed by atoms with Gasteiger partial charge in [-0.25, -0.2) is 33.6 Å². The molecule has 1 aromatic heterocycles. The van der Waals surface area contributed by atoms with Crippen molar-refractivity contribution in [2.75, 3.05) is 28.4 Å². The van der Waals surface area contributed by atoms with Crippen molar-refractivity contribution < 1.29 is 96.1 Å². The first-order valence-corrected chi connectivity index (χ1v) is 35.6. The van der Waals surface area contributed by atoms with E-state index in [4.69, 9.17) is 60.2 Å². The number of aliphatic hydroxyl groups excluding tert-OH is 3. The Morgan fingerprint density at radius 2 is 0.779 bits per heavy atom. The molecule has 13 N–H and O–H groups in total. The molecule has 2 aromatic rings. The number of non-ortho nitro benzene ring substituents is 1. The maximum Gasteiger partial charge on any atom is 0.408 e. The molecule has 7 saturated carbocycles. The van der Waals surface area contributed by atoms with Gasteiger partial charge in [0.05, 0.1) is 84.7 Å². The molecule has 7 aliphatic carbocycles. The molecule has 7 aliphatic rings. The lowest BCUT2D eigenvalue weighted by molar-refractivity contribution is -0.384. The Kier molecular flexibility index (Phi) is 46.0. The van der Waals surface area contributed by atoms with Gasteiger partial charge in [0.2, 0.25) is 0 Å². The number of alkyl carbamates (subject to hydrolysis) is 4. The van der Waals surface area contributed by atoms with Crippen LogP contribution in [0.25, 0.3) is 0 Å². The number of halogens is 2. The summed E-state index contributed by atoms with van der Waals surface area (Å²) in [5.74, 6) is -1.25. The number of benzene rings is 1. The lowest BCUT2D eigenvalue weighted by atomic mass is 10.2. The zero-order valence-electron chi connectivity index (χ0n) is 64.1.